The van der Waals surface area contributed by atoms with Gasteiger partial charge in [-0.25, -0.2) is 0 Å². The van der Waals surface area contributed by atoms with E-state index in [1.54, 1.807) is 7.11 Å². The van der Waals surface area contributed by atoms with Crippen molar-refractivity contribution in [3.63, 3.8) is 0 Å². The smallest absolute Gasteiger partial charge is 0.120 e. The highest BCUT2D eigenvalue weighted by molar-refractivity contribution is 7.27. The van der Waals surface area contributed by atoms with Gasteiger partial charge in [-0.05, 0) is 55.9 Å². The second kappa shape index (κ2) is 6.19. The van der Waals surface area contributed by atoms with Crippen LogP contribution in [0.4, 0.5) is 0 Å². The first-order valence-corrected chi connectivity index (χ1v) is 11.3. The first-order chi connectivity index (χ1) is 15.3. The summed E-state index contributed by atoms with van der Waals surface area (Å²) >= 11 is 1.88. The molecule has 0 aliphatic heterocycles. The topological polar surface area (TPSA) is 9.23 Å². The van der Waals surface area contributed by atoms with E-state index in [0.717, 1.165) is 5.75 Å². The fraction of sp³-hybridized carbons (Fsp3) is 0.0345. The third-order valence-electron chi connectivity index (χ3n) is 6.52. The molecule has 0 unspecified atom stereocenters. The van der Waals surface area contributed by atoms with Gasteiger partial charge in [-0.2, -0.15) is 0 Å². The summed E-state index contributed by atoms with van der Waals surface area (Å²) in [6.45, 7) is 0. The van der Waals surface area contributed by atoms with Gasteiger partial charge in [-0.3, -0.25) is 0 Å². The number of benzene rings is 6. The molecule has 0 saturated heterocycles. The van der Waals surface area contributed by atoms with Crippen LogP contribution in [0.1, 0.15) is 0 Å². The molecule has 7 rings (SSSR count). The molecule has 0 aliphatic rings. The molecule has 0 saturated carbocycles. The minimum Gasteiger partial charge on any atom is -0.497 e. The molecular weight excluding hydrogens is 396 g/mol. The van der Waals surface area contributed by atoms with Gasteiger partial charge in [0.15, 0.2) is 0 Å². The van der Waals surface area contributed by atoms with Gasteiger partial charge < -0.3 is 4.74 Å². The molecule has 2 heteroatoms. The van der Waals surface area contributed by atoms with Gasteiger partial charge in [0.1, 0.15) is 5.75 Å². The van der Waals surface area contributed by atoms with Crippen molar-refractivity contribution in [2.45, 2.75) is 0 Å². The number of hydrogen-bond acceptors (Lipinski definition) is 2. The summed E-state index contributed by atoms with van der Waals surface area (Å²) in [6, 6.07) is 33.0. The quantitative estimate of drug-likeness (QED) is 0.244. The first kappa shape index (κ1) is 17.1. The van der Waals surface area contributed by atoms with Crippen LogP contribution in [0.2, 0.25) is 0 Å². The molecule has 1 nitrogen and oxygen atoms in total. The van der Waals surface area contributed by atoms with Crippen molar-refractivity contribution in [1.82, 2.24) is 0 Å². The summed E-state index contributed by atoms with van der Waals surface area (Å²) in [5, 5.41) is 13.3. The average molecular weight is 415 g/mol. The van der Waals surface area contributed by atoms with E-state index in [0.29, 0.717) is 0 Å². The van der Waals surface area contributed by atoms with E-state index < -0.39 is 0 Å². The Bertz CT molecular complexity index is 1820. The molecule has 0 N–H and O–H groups in total. The summed E-state index contributed by atoms with van der Waals surface area (Å²) < 4.78 is 8.16. The second-order valence-electron chi connectivity index (χ2n) is 8.06. The van der Waals surface area contributed by atoms with E-state index in [9.17, 15) is 0 Å². The summed E-state index contributed by atoms with van der Waals surface area (Å²) in [5.74, 6) is 0.906. The SMILES string of the molecule is COc1ccc2c(c1)sc1c2c2ccccc2c2c3ccccc3c3ccccc3c12. The molecule has 31 heavy (non-hydrogen) atoms. The highest BCUT2D eigenvalue weighted by Gasteiger charge is 2.18. The van der Waals surface area contributed by atoms with Crippen LogP contribution in [-0.2, 0) is 0 Å². The van der Waals surface area contributed by atoms with Gasteiger partial charge in [0, 0.05) is 25.6 Å². The summed E-state index contributed by atoms with van der Waals surface area (Å²) in [7, 11) is 1.74. The van der Waals surface area contributed by atoms with Gasteiger partial charge in [0.2, 0.25) is 0 Å². The molecule has 0 amide bonds. The molecule has 0 aliphatic carbocycles. The predicted octanol–water partition coefficient (Wildman–Crippen LogP) is 8.68. The lowest BCUT2D eigenvalue weighted by Crippen LogP contribution is -1.86. The maximum Gasteiger partial charge on any atom is 0.120 e. The van der Waals surface area contributed by atoms with Crippen molar-refractivity contribution in [2.75, 3.05) is 7.11 Å². The normalized spacial score (nSPS) is 12.0. The molecule has 6 aromatic carbocycles. The molecule has 146 valence electrons. The van der Waals surface area contributed by atoms with Gasteiger partial charge in [0.05, 0.1) is 7.11 Å². The minimum atomic E-state index is 0.906. The average Bonchev–Trinajstić information content (AvgIpc) is 3.22. The lowest BCUT2D eigenvalue weighted by atomic mass is 9.89. The zero-order chi connectivity index (χ0) is 20.5. The highest BCUT2D eigenvalue weighted by Crippen LogP contribution is 2.48. The predicted molar refractivity (Wildman–Crippen MR) is 136 cm³/mol. The standard InChI is InChI=1S/C29H18OS/c1-30-17-14-15-24-25(16-17)31-29-27(24)23-13-7-6-12-22(23)26-20-10-4-2-8-18(20)19-9-3-5-11-21(19)28(26)29/h2-16H,1H3. The summed E-state index contributed by atoms with van der Waals surface area (Å²) in [5.41, 5.74) is 0. The van der Waals surface area contributed by atoms with Gasteiger partial charge in [-0.1, -0.05) is 72.8 Å². The van der Waals surface area contributed by atoms with Crippen LogP contribution in [-0.4, -0.2) is 7.11 Å². The van der Waals surface area contributed by atoms with E-state index in [-0.39, 0.29) is 0 Å². The van der Waals surface area contributed by atoms with Gasteiger partial charge in [0.25, 0.3) is 0 Å². The van der Waals surface area contributed by atoms with E-state index in [1.165, 1.54) is 63.3 Å². The Balaban J connectivity index is 1.91. The van der Waals surface area contributed by atoms with Crippen LogP contribution >= 0.6 is 11.3 Å². The maximum atomic E-state index is 5.53. The van der Waals surface area contributed by atoms with E-state index in [1.807, 2.05) is 11.3 Å². The zero-order valence-electron chi connectivity index (χ0n) is 17.0. The molecular formula is C29H18OS. The fourth-order valence-electron chi connectivity index (χ4n) is 5.22. The lowest BCUT2D eigenvalue weighted by molar-refractivity contribution is 0.415. The largest absolute Gasteiger partial charge is 0.497 e. The number of thiophene rings is 1. The van der Waals surface area contributed by atoms with Crippen molar-refractivity contribution >= 4 is 74.6 Å². The third-order valence-corrected chi connectivity index (χ3v) is 7.69. The first-order valence-electron chi connectivity index (χ1n) is 10.5. The van der Waals surface area contributed by atoms with Gasteiger partial charge in [-0.15, -0.1) is 11.3 Å². The Hall–Kier alpha value is -3.62. The van der Waals surface area contributed by atoms with Crippen LogP contribution < -0.4 is 4.74 Å². The number of hydrogen-bond donors (Lipinski definition) is 0. The Kier molecular flexibility index (Phi) is 3.42. The molecule has 1 aromatic heterocycles. The van der Waals surface area contributed by atoms with Crippen LogP contribution in [0, 0.1) is 0 Å². The van der Waals surface area contributed by atoms with E-state index in [4.69, 9.17) is 4.74 Å². The minimum absolute atomic E-state index is 0.906. The number of rotatable bonds is 1. The Morgan fingerprint density at radius 3 is 1.65 bits per heavy atom. The second-order valence-corrected chi connectivity index (χ2v) is 9.11. The molecule has 0 spiro atoms. The zero-order valence-corrected chi connectivity index (χ0v) is 17.8. The maximum absolute atomic E-state index is 5.53. The van der Waals surface area contributed by atoms with Crippen molar-refractivity contribution in [3.05, 3.63) is 91.0 Å². The Labute approximate surface area is 183 Å². The highest BCUT2D eigenvalue weighted by atomic mass is 32.1. The molecule has 1 heterocycles. The molecule has 0 radical (unpaired) electrons. The van der Waals surface area contributed by atoms with Crippen LogP contribution in [0.3, 0.4) is 0 Å². The monoisotopic (exact) mass is 414 g/mol. The van der Waals surface area contributed by atoms with Crippen molar-refractivity contribution in [2.24, 2.45) is 0 Å². The fourth-order valence-corrected chi connectivity index (χ4v) is 6.53. The van der Waals surface area contributed by atoms with Crippen molar-refractivity contribution < 1.29 is 4.74 Å². The van der Waals surface area contributed by atoms with Crippen LogP contribution in [0.25, 0.3) is 63.3 Å². The number of fused-ring (bicyclic) bond motifs is 13. The molecule has 7 aromatic rings. The van der Waals surface area contributed by atoms with E-state index in [2.05, 4.69) is 91.0 Å². The number of ether oxygens (including phenoxy) is 1. The van der Waals surface area contributed by atoms with Crippen molar-refractivity contribution in [1.29, 1.82) is 0 Å². The lowest BCUT2D eigenvalue weighted by Gasteiger charge is -2.14. The third kappa shape index (κ3) is 2.20. The summed E-state index contributed by atoms with van der Waals surface area (Å²) in [4.78, 5) is 0. The van der Waals surface area contributed by atoms with Crippen LogP contribution in [0.5, 0.6) is 5.75 Å². The van der Waals surface area contributed by atoms with E-state index >= 15 is 0 Å². The summed E-state index contributed by atoms with van der Waals surface area (Å²) in [6.07, 6.45) is 0. The number of methoxy groups -OCH3 is 1. The van der Waals surface area contributed by atoms with Crippen LogP contribution in [0.15, 0.2) is 91.0 Å². The molecule has 0 atom stereocenters. The van der Waals surface area contributed by atoms with Crippen molar-refractivity contribution in [3.8, 4) is 5.75 Å². The Morgan fingerprint density at radius 1 is 0.516 bits per heavy atom. The Morgan fingerprint density at radius 2 is 1.03 bits per heavy atom. The van der Waals surface area contributed by atoms with Gasteiger partial charge >= 0.3 is 0 Å². The molecule has 0 fully saturated rings. The molecule has 0 bridgehead atoms.